The van der Waals surface area contributed by atoms with Crippen LogP contribution in [0.1, 0.15) is 0 Å². The van der Waals surface area contributed by atoms with E-state index in [9.17, 15) is 5.11 Å². The zero-order valence-corrected chi connectivity index (χ0v) is 11.8. The fourth-order valence-corrected chi connectivity index (χ4v) is 2.49. The lowest BCUT2D eigenvalue weighted by molar-refractivity contribution is 0.332. The van der Waals surface area contributed by atoms with Gasteiger partial charge in [0.15, 0.2) is 11.5 Å². The third-order valence-electron chi connectivity index (χ3n) is 3.54. The van der Waals surface area contributed by atoms with Crippen molar-refractivity contribution in [3.05, 3.63) is 24.3 Å². The number of hydrogen-bond donors (Lipinski definition) is 1. The SMILES string of the molecule is COc1c(O)ccc(-n2nnc3c4c(ccc32)N=N4)c1OC. The molecule has 0 saturated heterocycles. The first kappa shape index (κ1) is 12.6. The van der Waals surface area contributed by atoms with E-state index in [2.05, 4.69) is 20.5 Å². The second-order valence-corrected chi connectivity index (χ2v) is 4.67. The van der Waals surface area contributed by atoms with Gasteiger partial charge in [-0.15, -0.1) is 15.3 Å². The van der Waals surface area contributed by atoms with Crippen molar-refractivity contribution in [3.63, 3.8) is 0 Å². The monoisotopic (exact) mass is 297 g/mol. The van der Waals surface area contributed by atoms with Crippen LogP contribution in [0.15, 0.2) is 34.5 Å². The number of fused-ring (bicyclic) bond motifs is 3. The Hall–Kier alpha value is -3.16. The molecule has 110 valence electrons. The summed E-state index contributed by atoms with van der Waals surface area (Å²) < 4.78 is 12.2. The summed E-state index contributed by atoms with van der Waals surface area (Å²) in [6.45, 7) is 0. The van der Waals surface area contributed by atoms with Crippen LogP contribution in [0, 0.1) is 0 Å². The first-order valence-electron chi connectivity index (χ1n) is 6.49. The average molecular weight is 297 g/mol. The molecule has 22 heavy (non-hydrogen) atoms. The maximum atomic E-state index is 9.87. The molecule has 0 spiro atoms. The maximum absolute atomic E-state index is 9.87. The number of aromatic hydroxyl groups is 1. The van der Waals surface area contributed by atoms with Crippen LogP contribution in [0.5, 0.6) is 17.2 Å². The first-order valence-corrected chi connectivity index (χ1v) is 6.49. The molecule has 1 aliphatic heterocycles. The Kier molecular flexibility index (Phi) is 2.52. The summed E-state index contributed by atoms with van der Waals surface area (Å²) in [6.07, 6.45) is 0. The van der Waals surface area contributed by atoms with E-state index in [0.29, 0.717) is 17.0 Å². The molecular formula is C14H11N5O3. The second kappa shape index (κ2) is 4.42. The number of azo groups is 1. The van der Waals surface area contributed by atoms with Crippen molar-refractivity contribution in [3.8, 4) is 22.9 Å². The summed E-state index contributed by atoms with van der Waals surface area (Å²) in [7, 11) is 2.96. The molecule has 0 saturated carbocycles. The highest BCUT2D eigenvalue weighted by atomic mass is 16.5. The summed E-state index contributed by atoms with van der Waals surface area (Å²) in [4.78, 5) is 0. The van der Waals surface area contributed by atoms with Gasteiger partial charge in [-0.05, 0) is 24.3 Å². The summed E-state index contributed by atoms with van der Waals surface area (Å²) in [6, 6.07) is 6.93. The van der Waals surface area contributed by atoms with Gasteiger partial charge < -0.3 is 14.6 Å². The van der Waals surface area contributed by atoms with Crippen LogP contribution >= 0.6 is 0 Å². The van der Waals surface area contributed by atoms with E-state index in [1.165, 1.54) is 20.3 Å². The number of hydrogen-bond acceptors (Lipinski definition) is 7. The summed E-state index contributed by atoms with van der Waals surface area (Å²) >= 11 is 0. The molecule has 0 fully saturated rings. The van der Waals surface area contributed by atoms with E-state index in [1.807, 2.05) is 12.1 Å². The number of aromatic nitrogens is 3. The van der Waals surface area contributed by atoms with Gasteiger partial charge in [0.1, 0.15) is 22.6 Å². The van der Waals surface area contributed by atoms with E-state index < -0.39 is 0 Å². The number of phenolic OH excluding ortho intramolecular Hbond substituents is 1. The smallest absolute Gasteiger partial charge is 0.205 e. The Morgan fingerprint density at radius 3 is 2.50 bits per heavy atom. The number of phenols is 1. The molecule has 8 heteroatoms. The molecule has 1 N–H and O–H groups in total. The van der Waals surface area contributed by atoms with Gasteiger partial charge in [0, 0.05) is 0 Å². The highest BCUT2D eigenvalue weighted by molar-refractivity contribution is 5.95. The molecule has 0 amide bonds. The number of benzene rings is 2. The van der Waals surface area contributed by atoms with Gasteiger partial charge in [-0.2, -0.15) is 0 Å². The Morgan fingerprint density at radius 2 is 1.82 bits per heavy atom. The number of nitrogens with zero attached hydrogens (tertiary/aromatic N) is 5. The Bertz CT molecular complexity index is 932. The molecule has 0 atom stereocenters. The summed E-state index contributed by atoms with van der Waals surface area (Å²) in [5.41, 5.74) is 3.57. The quantitative estimate of drug-likeness (QED) is 0.627. The first-order chi connectivity index (χ1) is 10.7. The number of ether oxygens (including phenoxy) is 2. The van der Waals surface area contributed by atoms with Crippen molar-refractivity contribution in [1.29, 1.82) is 0 Å². The van der Waals surface area contributed by atoms with Gasteiger partial charge in [0.25, 0.3) is 0 Å². The fourth-order valence-electron chi connectivity index (χ4n) is 2.49. The van der Waals surface area contributed by atoms with Gasteiger partial charge in [0.2, 0.25) is 5.75 Å². The van der Waals surface area contributed by atoms with Gasteiger partial charge in [0.05, 0.1) is 19.7 Å². The average Bonchev–Trinajstić information content (AvgIpc) is 2.89. The minimum atomic E-state index is -0.00888. The Labute approximate surface area is 124 Å². The molecule has 8 nitrogen and oxygen atoms in total. The van der Waals surface area contributed by atoms with Crippen LogP contribution in [-0.2, 0) is 0 Å². The zero-order chi connectivity index (χ0) is 15.3. The highest BCUT2D eigenvalue weighted by Gasteiger charge is 2.22. The lowest BCUT2D eigenvalue weighted by atomic mass is 10.2. The van der Waals surface area contributed by atoms with Crippen molar-refractivity contribution in [1.82, 2.24) is 15.0 Å². The van der Waals surface area contributed by atoms with E-state index in [1.54, 1.807) is 10.7 Å². The molecular weight excluding hydrogens is 286 g/mol. The van der Waals surface area contributed by atoms with Crippen LogP contribution in [0.25, 0.3) is 16.7 Å². The van der Waals surface area contributed by atoms with Crippen molar-refractivity contribution < 1.29 is 14.6 Å². The predicted octanol–water partition coefficient (Wildman–Crippen LogP) is 2.87. The van der Waals surface area contributed by atoms with Crippen LogP contribution in [0.4, 0.5) is 11.4 Å². The molecule has 0 radical (unpaired) electrons. The standard InChI is InChI=1S/C14H11N5O3/c1-21-13-9(5-6-10(20)14(13)22-2)19-8-4-3-7-11(16-15-7)12(8)17-18-19/h3-6,20H,1-2H3. The van der Waals surface area contributed by atoms with Crippen LogP contribution in [0.3, 0.4) is 0 Å². The largest absolute Gasteiger partial charge is 0.504 e. The van der Waals surface area contributed by atoms with E-state index in [-0.39, 0.29) is 11.5 Å². The number of methoxy groups -OCH3 is 2. The molecule has 2 heterocycles. The normalized spacial score (nSPS) is 12.1. The van der Waals surface area contributed by atoms with Gasteiger partial charge in [-0.3, -0.25) is 0 Å². The van der Waals surface area contributed by atoms with Crippen molar-refractivity contribution >= 4 is 22.4 Å². The predicted molar refractivity (Wildman–Crippen MR) is 77.8 cm³/mol. The van der Waals surface area contributed by atoms with Crippen molar-refractivity contribution in [2.24, 2.45) is 10.2 Å². The van der Waals surface area contributed by atoms with E-state index in [4.69, 9.17) is 9.47 Å². The fraction of sp³-hybridized carbons (Fsp3) is 0.143. The lowest BCUT2D eigenvalue weighted by Gasteiger charge is -2.14. The Balaban J connectivity index is 1.99. The third-order valence-corrected chi connectivity index (χ3v) is 3.54. The van der Waals surface area contributed by atoms with Crippen LogP contribution in [0.2, 0.25) is 0 Å². The topological polar surface area (TPSA) is 94.1 Å². The van der Waals surface area contributed by atoms with E-state index in [0.717, 1.165) is 16.9 Å². The molecule has 1 aromatic heterocycles. The molecule has 0 aliphatic carbocycles. The van der Waals surface area contributed by atoms with Crippen molar-refractivity contribution in [2.45, 2.75) is 0 Å². The van der Waals surface area contributed by atoms with Crippen LogP contribution in [-0.4, -0.2) is 34.3 Å². The van der Waals surface area contributed by atoms with E-state index >= 15 is 0 Å². The molecule has 1 aliphatic rings. The molecule has 4 rings (SSSR count). The lowest BCUT2D eigenvalue weighted by Crippen LogP contribution is -2.02. The summed E-state index contributed by atoms with van der Waals surface area (Å²) in [5, 5.41) is 26.1. The van der Waals surface area contributed by atoms with Gasteiger partial charge in [-0.1, -0.05) is 5.21 Å². The number of rotatable bonds is 3. The summed E-state index contributed by atoms with van der Waals surface area (Å²) in [5.74, 6) is 0.608. The minimum Gasteiger partial charge on any atom is -0.504 e. The van der Waals surface area contributed by atoms with Crippen molar-refractivity contribution in [2.75, 3.05) is 14.2 Å². The van der Waals surface area contributed by atoms with Crippen LogP contribution < -0.4 is 9.47 Å². The molecule has 3 aromatic rings. The van der Waals surface area contributed by atoms with Gasteiger partial charge in [-0.25, -0.2) is 4.68 Å². The van der Waals surface area contributed by atoms with Gasteiger partial charge >= 0.3 is 0 Å². The second-order valence-electron chi connectivity index (χ2n) is 4.67. The molecule has 0 bridgehead atoms. The molecule has 2 aromatic carbocycles. The maximum Gasteiger partial charge on any atom is 0.205 e. The highest BCUT2D eigenvalue weighted by Crippen LogP contribution is 2.45. The molecule has 0 unspecified atom stereocenters. The Morgan fingerprint density at radius 1 is 1.00 bits per heavy atom. The minimum absolute atomic E-state index is 0.00888. The zero-order valence-electron chi connectivity index (χ0n) is 11.8. The third kappa shape index (κ3) is 1.51.